The molecule has 0 fully saturated rings. The van der Waals surface area contributed by atoms with Crippen LogP contribution in [0.3, 0.4) is 0 Å². The van der Waals surface area contributed by atoms with Gasteiger partial charge in [-0.25, -0.2) is 4.39 Å². The SMILES string of the molecule is Cc1ccc(Oc2ccccc2CNC2CCSc3c(F)cccc32)cc1. The molecular formula is C23H22FNOS. The lowest BCUT2D eigenvalue weighted by atomic mass is 10.0. The third kappa shape index (κ3) is 4.18. The second kappa shape index (κ2) is 8.15. The van der Waals surface area contributed by atoms with Crippen molar-refractivity contribution in [1.29, 1.82) is 0 Å². The first-order valence-electron chi connectivity index (χ1n) is 9.18. The molecule has 1 N–H and O–H groups in total. The van der Waals surface area contributed by atoms with Gasteiger partial charge in [0.05, 0.1) is 0 Å². The van der Waals surface area contributed by atoms with Gasteiger partial charge < -0.3 is 10.1 Å². The number of ether oxygens (including phenoxy) is 1. The van der Waals surface area contributed by atoms with Crippen LogP contribution in [-0.4, -0.2) is 5.75 Å². The quantitative estimate of drug-likeness (QED) is 0.566. The van der Waals surface area contributed by atoms with E-state index >= 15 is 0 Å². The molecule has 1 atom stereocenters. The molecule has 1 aliphatic heterocycles. The van der Waals surface area contributed by atoms with E-state index in [0.717, 1.165) is 39.7 Å². The normalized spacial score (nSPS) is 16.0. The monoisotopic (exact) mass is 379 g/mol. The van der Waals surface area contributed by atoms with Crippen molar-refractivity contribution in [3.63, 3.8) is 0 Å². The van der Waals surface area contributed by atoms with Crippen molar-refractivity contribution in [2.45, 2.75) is 30.8 Å². The largest absolute Gasteiger partial charge is 0.457 e. The number of fused-ring (bicyclic) bond motifs is 1. The maximum Gasteiger partial charge on any atom is 0.137 e. The number of rotatable bonds is 5. The molecule has 0 aliphatic carbocycles. The maximum absolute atomic E-state index is 14.1. The molecule has 1 unspecified atom stereocenters. The van der Waals surface area contributed by atoms with Gasteiger partial charge in [0.15, 0.2) is 0 Å². The first-order valence-corrected chi connectivity index (χ1v) is 10.2. The van der Waals surface area contributed by atoms with Crippen LogP contribution in [0.5, 0.6) is 11.5 Å². The number of hydrogen-bond acceptors (Lipinski definition) is 3. The minimum absolute atomic E-state index is 0.118. The molecule has 27 heavy (non-hydrogen) atoms. The van der Waals surface area contributed by atoms with Gasteiger partial charge >= 0.3 is 0 Å². The summed E-state index contributed by atoms with van der Waals surface area (Å²) in [5.74, 6) is 2.48. The van der Waals surface area contributed by atoms with Gasteiger partial charge in [0, 0.05) is 23.0 Å². The molecule has 1 aliphatic rings. The first kappa shape index (κ1) is 18.1. The van der Waals surface area contributed by atoms with Crippen LogP contribution in [0, 0.1) is 12.7 Å². The van der Waals surface area contributed by atoms with Crippen LogP contribution in [0.1, 0.15) is 29.2 Å². The fourth-order valence-corrected chi connectivity index (χ4v) is 4.46. The lowest BCUT2D eigenvalue weighted by Gasteiger charge is -2.26. The Morgan fingerprint density at radius 2 is 1.85 bits per heavy atom. The van der Waals surface area contributed by atoms with E-state index in [9.17, 15) is 4.39 Å². The molecule has 0 aromatic heterocycles. The third-order valence-corrected chi connectivity index (χ3v) is 5.95. The average Bonchev–Trinajstić information content (AvgIpc) is 2.69. The van der Waals surface area contributed by atoms with Crippen LogP contribution in [0.15, 0.2) is 71.6 Å². The highest BCUT2D eigenvalue weighted by molar-refractivity contribution is 7.99. The summed E-state index contributed by atoms with van der Waals surface area (Å²) in [5, 5.41) is 3.60. The van der Waals surface area contributed by atoms with Crippen molar-refractivity contribution >= 4 is 11.8 Å². The number of benzene rings is 3. The van der Waals surface area contributed by atoms with Gasteiger partial charge in [-0.3, -0.25) is 0 Å². The van der Waals surface area contributed by atoms with Crippen molar-refractivity contribution in [2.24, 2.45) is 0 Å². The molecule has 0 radical (unpaired) electrons. The number of thioether (sulfide) groups is 1. The molecule has 0 amide bonds. The molecule has 0 spiro atoms. The highest BCUT2D eigenvalue weighted by Crippen LogP contribution is 2.38. The topological polar surface area (TPSA) is 21.3 Å². The van der Waals surface area contributed by atoms with Crippen molar-refractivity contribution in [3.8, 4) is 11.5 Å². The first-order chi connectivity index (χ1) is 13.2. The van der Waals surface area contributed by atoms with Crippen LogP contribution in [0.4, 0.5) is 4.39 Å². The zero-order valence-electron chi connectivity index (χ0n) is 15.2. The number of para-hydroxylation sites is 1. The van der Waals surface area contributed by atoms with E-state index < -0.39 is 0 Å². The van der Waals surface area contributed by atoms with Gasteiger partial charge in [-0.15, -0.1) is 11.8 Å². The highest BCUT2D eigenvalue weighted by Gasteiger charge is 2.22. The lowest BCUT2D eigenvalue weighted by Crippen LogP contribution is -2.24. The standard InChI is InChI=1S/C23H22FNOS/c1-16-9-11-18(12-10-16)26-22-8-3-2-5-17(22)15-25-21-13-14-27-23-19(21)6-4-7-20(23)24/h2-12,21,25H,13-15H2,1H3. The van der Waals surface area contributed by atoms with Crippen molar-refractivity contribution < 1.29 is 9.13 Å². The predicted molar refractivity (Wildman–Crippen MR) is 109 cm³/mol. The Labute approximate surface area is 163 Å². The van der Waals surface area contributed by atoms with Gasteiger partial charge in [-0.1, -0.05) is 48.0 Å². The fourth-order valence-electron chi connectivity index (χ4n) is 3.31. The molecule has 3 aromatic rings. The molecule has 1 heterocycles. The van der Waals surface area contributed by atoms with E-state index in [1.54, 1.807) is 23.9 Å². The summed E-state index contributed by atoms with van der Waals surface area (Å²) in [6.45, 7) is 2.73. The van der Waals surface area contributed by atoms with Gasteiger partial charge in [-0.05, 0) is 48.9 Å². The zero-order chi connectivity index (χ0) is 18.6. The molecule has 4 rings (SSSR count). The number of hydrogen-bond donors (Lipinski definition) is 1. The van der Waals surface area contributed by atoms with Crippen molar-refractivity contribution in [3.05, 3.63) is 89.2 Å². The number of nitrogens with one attached hydrogen (secondary N) is 1. The van der Waals surface area contributed by atoms with Crippen molar-refractivity contribution in [1.82, 2.24) is 5.32 Å². The summed E-state index contributed by atoms with van der Waals surface area (Å²) in [7, 11) is 0. The smallest absolute Gasteiger partial charge is 0.137 e. The molecular weight excluding hydrogens is 357 g/mol. The Balaban J connectivity index is 1.50. The van der Waals surface area contributed by atoms with E-state index in [-0.39, 0.29) is 11.9 Å². The Hall–Kier alpha value is -2.30. The van der Waals surface area contributed by atoms with E-state index in [4.69, 9.17) is 4.74 Å². The van der Waals surface area contributed by atoms with Crippen LogP contribution < -0.4 is 10.1 Å². The Kier molecular flexibility index (Phi) is 5.46. The predicted octanol–water partition coefficient (Wildman–Crippen LogP) is 6.25. The second-order valence-corrected chi connectivity index (χ2v) is 7.86. The molecule has 2 nitrogen and oxygen atoms in total. The Morgan fingerprint density at radius 1 is 1.04 bits per heavy atom. The van der Waals surface area contributed by atoms with Crippen LogP contribution >= 0.6 is 11.8 Å². The van der Waals surface area contributed by atoms with E-state index in [1.165, 1.54) is 5.56 Å². The number of aryl methyl sites for hydroxylation is 1. The summed E-state index contributed by atoms with van der Waals surface area (Å²) >= 11 is 1.61. The third-order valence-electron chi connectivity index (χ3n) is 4.79. The molecule has 0 saturated heterocycles. The zero-order valence-corrected chi connectivity index (χ0v) is 16.1. The molecule has 0 saturated carbocycles. The maximum atomic E-state index is 14.1. The van der Waals surface area contributed by atoms with Gasteiger partial charge in [0.2, 0.25) is 0 Å². The van der Waals surface area contributed by atoms with Crippen LogP contribution in [0.2, 0.25) is 0 Å². The van der Waals surface area contributed by atoms with E-state index in [1.807, 2.05) is 48.5 Å². The summed E-state index contributed by atoms with van der Waals surface area (Å²) in [6.07, 6.45) is 0.988. The molecule has 0 bridgehead atoms. The van der Waals surface area contributed by atoms with Crippen LogP contribution in [0.25, 0.3) is 0 Å². The van der Waals surface area contributed by atoms with Gasteiger partial charge in [-0.2, -0.15) is 0 Å². The second-order valence-electron chi connectivity index (χ2n) is 6.75. The van der Waals surface area contributed by atoms with Gasteiger partial charge in [0.1, 0.15) is 17.3 Å². The number of halogens is 1. The molecule has 138 valence electrons. The van der Waals surface area contributed by atoms with E-state index in [0.29, 0.717) is 6.54 Å². The molecule has 4 heteroatoms. The summed E-state index contributed by atoms with van der Waals surface area (Å²) in [4.78, 5) is 0.783. The lowest BCUT2D eigenvalue weighted by molar-refractivity contribution is 0.458. The molecule has 3 aromatic carbocycles. The van der Waals surface area contributed by atoms with Crippen LogP contribution in [-0.2, 0) is 6.54 Å². The highest BCUT2D eigenvalue weighted by atomic mass is 32.2. The summed E-state index contributed by atoms with van der Waals surface area (Å²) < 4.78 is 20.2. The summed E-state index contributed by atoms with van der Waals surface area (Å²) in [5.41, 5.74) is 3.36. The fraction of sp³-hybridized carbons (Fsp3) is 0.217. The summed E-state index contributed by atoms with van der Waals surface area (Å²) in [6, 6.07) is 21.6. The Morgan fingerprint density at radius 3 is 2.70 bits per heavy atom. The van der Waals surface area contributed by atoms with Crippen molar-refractivity contribution in [2.75, 3.05) is 5.75 Å². The van der Waals surface area contributed by atoms with E-state index in [2.05, 4.69) is 18.3 Å². The minimum Gasteiger partial charge on any atom is -0.457 e. The Bertz CT molecular complexity index is 926. The van der Waals surface area contributed by atoms with Gasteiger partial charge in [0.25, 0.3) is 0 Å². The minimum atomic E-state index is -0.118. The average molecular weight is 380 g/mol.